The molecule has 0 saturated carbocycles. The smallest absolute Gasteiger partial charge is 0.173 e. The highest BCUT2D eigenvalue weighted by Crippen LogP contribution is 2.24. The van der Waals surface area contributed by atoms with Gasteiger partial charge in [0.15, 0.2) is 10.9 Å². The van der Waals surface area contributed by atoms with Crippen LogP contribution < -0.4 is 0 Å². The fourth-order valence-electron chi connectivity index (χ4n) is 3.15. The Morgan fingerprint density at radius 3 is 2.91 bits per heavy atom. The molecule has 0 amide bonds. The Hall–Kier alpha value is -2.07. The number of Topliss-reactive ketones (excluding diaryl/α,β-unsaturated/α-hetero) is 1. The monoisotopic (exact) mass is 322 g/mol. The number of aryl methyl sites for hydroxylation is 2. The lowest BCUT2D eigenvalue weighted by atomic mass is 9.90. The second-order valence-corrected chi connectivity index (χ2v) is 6.88. The highest BCUT2D eigenvalue weighted by molar-refractivity contribution is 7.99. The van der Waals surface area contributed by atoms with Crippen LogP contribution in [0.3, 0.4) is 0 Å². The first-order valence-electron chi connectivity index (χ1n) is 8.01. The Kier molecular flexibility index (Phi) is 3.92. The van der Waals surface area contributed by atoms with Crippen LogP contribution in [0.2, 0.25) is 0 Å². The van der Waals surface area contributed by atoms with Gasteiger partial charge in [-0.3, -0.25) is 9.20 Å². The van der Waals surface area contributed by atoms with Crippen molar-refractivity contribution in [2.24, 2.45) is 0 Å². The largest absolute Gasteiger partial charge is 0.295 e. The summed E-state index contributed by atoms with van der Waals surface area (Å²) >= 11 is 1.50. The van der Waals surface area contributed by atoms with Crippen molar-refractivity contribution in [1.29, 1.82) is 0 Å². The molecule has 1 aliphatic rings. The summed E-state index contributed by atoms with van der Waals surface area (Å²) in [5.41, 5.74) is 4.66. The molecule has 0 aliphatic heterocycles. The summed E-state index contributed by atoms with van der Waals surface area (Å²) in [6.45, 7) is 0. The predicted molar refractivity (Wildman–Crippen MR) is 93.3 cm³/mol. The second-order valence-electron chi connectivity index (χ2n) is 5.94. The third kappa shape index (κ3) is 2.91. The van der Waals surface area contributed by atoms with Gasteiger partial charge in [-0.25, -0.2) is 4.98 Å². The molecule has 4 rings (SSSR count). The summed E-state index contributed by atoms with van der Waals surface area (Å²) in [5.74, 6) is 0.600. The first-order chi connectivity index (χ1) is 11.3. The molecule has 0 radical (unpaired) electrons. The van der Waals surface area contributed by atoms with Crippen LogP contribution in [0.5, 0.6) is 0 Å². The maximum Gasteiger partial charge on any atom is 0.173 e. The molecule has 3 aromatic rings. The topological polar surface area (TPSA) is 34.4 Å². The van der Waals surface area contributed by atoms with Crippen molar-refractivity contribution >= 4 is 23.1 Å². The number of carbonyl (C=O) groups is 1. The molecular weight excluding hydrogens is 304 g/mol. The third-order valence-corrected chi connectivity index (χ3v) is 5.37. The van der Waals surface area contributed by atoms with Crippen LogP contribution >= 0.6 is 11.8 Å². The van der Waals surface area contributed by atoms with E-state index in [0.717, 1.165) is 29.1 Å². The van der Waals surface area contributed by atoms with Crippen molar-refractivity contribution < 1.29 is 4.79 Å². The number of nitrogens with zero attached hydrogens (tertiary/aromatic N) is 2. The average molecular weight is 322 g/mol. The van der Waals surface area contributed by atoms with Gasteiger partial charge in [0.1, 0.15) is 0 Å². The minimum Gasteiger partial charge on any atom is -0.295 e. The summed E-state index contributed by atoms with van der Waals surface area (Å²) in [4.78, 5) is 16.9. The molecule has 23 heavy (non-hydrogen) atoms. The molecule has 1 aliphatic carbocycles. The van der Waals surface area contributed by atoms with Crippen LogP contribution in [-0.2, 0) is 12.8 Å². The van der Waals surface area contributed by atoms with Gasteiger partial charge in [-0.15, -0.1) is 0 Å². The van der Waals surface area contributed by atoms with E-state index in [0.29, 0.717) is 5.75 Å². The minimum absolute atomic E-state index is 0.177. The van der Waals surface area contributed by atoms with Crippen LogP contribution in [0.1, 0.15) is 34.3 Å². The van der Waals surface area contributed by atoms with Gasteiger partial charge in [-0.2, -0.15) is 0 Å². The molecule has 0 atom stereocenters. The summed E-state index contributed by atoms with van der Waals surface area (Å²) < 4.78 is 2.02. The van der Waals surface area contributed by atoms with E-state index in [1.807, 2.05) is 41.1 Å². The van der Waals surface area contributed by atoms with Crippen LogP contribution in [0.15, 0.2) is 53.9 Å². The number of hydrogen-bond acceptors (Lipinski definition) is 3. The summed E-state index contributed by atoms with van der Waals surface area (Å²) in [7, 11) is 0. The fraction of sp³-hybridized carbons (Fsp3) is 0.263. The molecule has 0 unspecified atom stereocenters. The Morgan fingerprint density at radius 2 is 2.00 bits per heavy atom. The van der Waals surface area contributed by atoms with Gasteiger partial charge in [0.05, 0.1) is 17.5 Å². The van der Waals surface area contributed by atoms with Gasteiger partial charge in [0.2, 0.25) is 0 Å². The lowest BCUT2D eigenvalue weighted by Crippen LogP contribution is -2.08. The number of aromatic nitrogens is 2. The Balaban J connectivity index is 1.50. The van der Waals surface area contributed by atoms with Crippen molar-refractivity contribution in [1.82, 2.24) is 9.38 Å². The number of hydrogen-bond donors (Lipinski definition) is 0. The number of thioether (sulfide) groups is 1. The SMILES string of the molecule is O=C(CSc1ncc2ccccn12)c1ccc2c(c1)CCCC2. The van der Waals surface area contributed by atoms with E-state index in [1.165, 1.54) is 35.7 Å². The molecule has 0 fully saturated rings. The van der Waals surface area contributed by atoms with E-state index in [2.05, 4.69) is 17.1 Å². The summed E-state index contributed by atoms with van der Waals surface area (Å²) in [6, 6.07) is 12.2. The Bertz CT molecular complexity index is 869. The Labute approximate surface area is 139 Å². The number of fused-ring (bicyclic) bond motifs is 2. The van der Waals surface area contributed by atoms with Crippen LogP contribution in [0.25, 0.3) is 5.52 Å². The maximum atomic E-state index is 12.5. The van der Waals surface area contributed by atoms with E-state index < -0.39 is 0 Å². The van der Waals surface area contributed by atoms with Gasteiger partial charge in [0, 0.05) is 11.8 Å². The van der Waals surface area contributed by atoms with Crippen LogP contribution in [0, 0.1) is 0 Å². The zero-order valence-electron chi connectivity index (χ0n) is 12.9. The number of benzene rings is 1. The molecule has 0 saturated heterocycles. The summed E-state index contributed by atoms with van der Waals surface area (Å²) in [5, 5.41) is 0.868. The first-order valence-corrected chi connectivity index (χ1v) is 9.00. The van der Waals surface area contributed by atoms with Crippen molar-refractivity contribution in [3.63, 3.8) is 0 Å². The molecule has 116 valence electrons. The quantitative estimate of drug-likeness (QED) is 0.533. The van der Waals surface area contributed by atoms with Gasteiger partial charge in [0.25, 0.3) is 0 Å². The van der Waals surface area contributed by atoms with E-state index >= 15 is 0 Å². The average Bonchev–Trinajstić information content (AvgIpc) is 3.02. The number of pyridine rings is 1. The highest BCUT2D eigenvalue weighted by Gasteiger charge is 2.14. The highest BCUT2D eigenvalue weighted by atomic mass is 32.2. The molecule has 2 heterocycles. The lowest BCUT2D eigenvalue weighted by Gasteiger charge is -2.16. The molecule has 0 spiro atoms. The van der Waals surface area contributed by atoms with Crippen molar-refractivity contribution in [2.45, 2.75) is 30.8 Å². The third-order valence-electron chi connectivity index (χ3n) is 4.41. The first kappa shape index (κ1) is 14.5. The fourth-order valence-corrected chi connectivity index (χ4v) is 4.01. The van der Waals surface area contributed by atoms with E-state index in [4.69, 9.17) is 0 Å². The summed E-state index contributed by atoms with van der Waals surface area (Å²) in [6.07, 6.45) is 8.58. The molecule has 2 aromatic heterocycles. The van der Waals surface area contributed by atoms with E-state index in [1.54, 1.807) is 0 Å². The molecule has 0 bridgehead atoms. The van der Waals surface area contributed by atoms with E-state index in [9.17, 15) is 4.79 Å². The predicted octanol–water partition coefficient (Wildman–Crippen LogP) is 4.19. The number of ketones is 1. The Morgan fingerprint density at radius 1 is 1.13 bits per heavy atom. The molecule has 0 N–H and O–H groups in total. The minimum atomic E-state index is 0.177. The van der Waals surface area contributed by atoms with Crippen LogP contribution in [-0.4, -0.2) is 20.9 Å². The normalized spacial score (nSPS) is 13.9. The number of imidazole rings is 1. The van der Waals surface area contributed by atoms with Crippen molar-refractivity contribution in [3.8, 4) is 0 Å². The maximum absolute atomic E-state index is 12.5. The van der Waals surface area contributed by atoms with Gasteiger partial charge >= 0.3 is 0 Å². The van der Waals surface area contributed by atoms with Crippen LogP contribution in [0.4, 0.5) is 0 Å². The zero-order chi connectivity index (χ0) is 15.6. The number of rotatable bonds is 4. The van der Waals surface area contributed by atoms with Crippen molar-refractivity contribution in [2.75, 3.05) is 5.75 Å². The molecule has 4 heteroatoms. The standard InChI is InChI=1S/C19H18N2OS/c22-18(16-9-8-14-5-1-2-6-15(14)11-16)13-23-19-20-12-17-7-3-4-10-21(17)19/h3-4,7-12H,1-2,5-6,13H2. The molecule has 3 nitrogen and oxygen atoms in total. The van der Waals surface area contributed by atoms with E-state index in [-0.39, 0.29) is 5.78 Å². The second kappa shape index (κ2) is 6.20. The zero-order valence-corrected chi connectivity index (χ0v) is 13.7. The van der Waals surface area contributed by atoms with Gasteiger partial charge in [-0.05, 0) is 55.0 Å². The lowest BCUT2D eigenvalue weighted by molar-refractivity contribution is 0.102. The molecular formula is C19H18N2OS. The number of carbonyl (C=O) groups excluding carboxylic acids is 1. The van der Waals surface area contributed by atoms with Gasteiger partial charge in [-0.1, -0.05) is 30.0 Å². The van der Waals surface area contributed by atoms with Gasteiger partial charge < -0.3 is 0 Å². The molecule has 1 aromatic carbocycles. The van der Waals surface area contributed by atoms with Crippen molar-refractivity contribution in [3.05, 3.63) is 65.5 Å².